The summed E-state index contributed by atoms with van der Waals surface area (Å²) in [6.45, 7) is 6.96. The SMILES string of the molecule is CC1N(CCc2ccccc2)CCCC1(C)c1cccc(O)c1. The fourth-order valence-electron chi connectivity index (χ4n) is 3.92. The molecule has 1 saturated heterocycles. The molecule has 0 aromatic heterocycles. The summed E-state index contributed by atoms with van der Waals surface area (Å²) in [6.07, 6.45) is 3.49. The van der Waals surface area contributed by atoms with Gasteiger partial charge in [0.2, 0.25) is 0 Å². The molecule has 1 fully saturated rings. The van der Waals surface area contributed by atoms with Crippen molar-refractivity contribution in [3.05, 3.63) is 65.7 Å². The fourth-order valence-corrected chi connectivity index (χ4v) is 3.92. The van der Waals surface area contributed by atoms with E-state index in [1.54, 1.807) is 6.07 Å². The lowest BCUT2D eigenvalue weighted by Crippen LogP contribution is -2.52. The molecule has 2 heteroatoms. The summed E-state index contributed by atoms with van der Waals surface area (Å²) in [5.74, 6) is 0.373. The molecule has 2 aromatic carbocycles. The first-order chi connectivity index (χ1) is 11.1. The normalized spacial score (nSPS) is 25.4. The van der Waals surface area contributed by atoms with Crippen molar-refractivity contribution >= 4 is 0 Å². The van der Waals surface area contributed by atoms with Crippen molar-refractivity contribution in [1.29, 1.82) is 0 Å². The van der Waals surface area contributed by atoms with E-state index in [1.165, 1.54) is 30.5 Å². The van der Waals surface area contributed by atoms with Crippen LogP contribution in [0.1, 0.15) is 37.8 Å². The van der Waals surface area contributed by atoms with E-state index < -0.39 is 0 Å². The van der Waals surface area contributed by atoms with Crippen molar-refractivity contribution in [1.82, 2.24) is 4.90 Å². The highest BCUT2D eigenvalue weighted by molar-refractivity contribution is 5.34. The van der Waals surface area contributed by atoms with Crippen LogP contribution in [0.5, 0.6) is 5.75 Å². The molecule has 1 heterocycles. The molecule has 3 rings (SSSR count). The monoisotopic (exact) mass is 309 g/mol. The predicted molar refractivity (Wildman–Crippen MR) is 95.9 cm³/mol. The van der Waals surface area contributed by atoms with Crippen molar-refractivity contribution < 1.29 is 5.11 Å². The lowest BCUT2D eigenvalue weighted by molar-refractivity contribution is 0.0884. The molecule has 0 spiro atoms. The number of hydrogen-bond acceptors (Lipinski definition) is 2. The minimum atomic E-state index is 0.105. The summed E-state index contributed by atoms with van der Waals surface area (Å²) >= 11 is 0. The summed E-state index contributed by atoms with van der Waals surface area (Å²) in [5.41, 5.74) is 2.77. The molecule has 1 aliphatic heterocycles. The van der Waals surface area contributed by atoms with Crippen molar-refractivity contribution in [2.24, 2.45) is 0 Å². The molecule has 0 aliphatic carbocycles. The molecular formula is C21H27NO. The Morgan fingerprint density at radius 2 is 1.91 bits per heavy atom. The number of likely N-dealkylation sites (tertiary alicyclic amines) is 1. The van der Waals surface area contributed by atoms with Crippen LogP contribution >= 0.6 is 0 Å². The highest BCUT2D eigenvalue weighted by atomic mass is 16.3. The Balaban J connectivity index is 1.74. The van der Waals surface area contributed by atoms with Crippen LogP contribution in [-0.4, -0.2) is 29.1 Å². The minimum Gasteiger partial charge on any atom is -0.508 e. The van der Waals surface area contributed by atoms with Crippen LogP contribution in [0.15, 0.2) is 54.6 Å². The number of aromatic hydroxyl groups is 1. The largest absolute Gasteiger partial charge is 0.508 e. The molecule has 122 valence electrons. The van der Waals surface area contributed by atoms with Gasteiger partial charge < -0.3 is 5.11 Å². The summed E-state index contributed by atoms with van der Waals surface area (Å²) in [5, 5.41) is 9.85. The Kier molecular flexibility index (Phi) is 4.72. The van der Waals surface area contributed by atoms with Gasteiger partial charge in [0.05, 0.1) is 0 Å². The van der Waals surface area contributed by atoms with E-state index >= 15 is 0 Å². The minimum absolute atomic E-state index is 0.105. The lowest BCUT2D eigenvalue weighted by atomic mass is 9.70. The fraction of sp³-hybridized carbons (Fsp3) is 0.429. The summed E-state index contributed by atoms with van der Waals surface area (Å²) in [7, 11) is 0. The molecule has 1 aliphatic rings. The van der Waals surface area contributed by atoms with E-state index in [0.29, 0.717) is 11.8 Å². The zero-order valence-corrected chi connectivity index (χ0v) is 14.2. The molecule has 1 N–H and O–H groups in total. The van der Waals surface area contributed by atoms with E-state index in [1.807, 2.05) is 12.1 Å². The maximum Gasteiger partial charge on any atom is 0.115 e. The van der Waals surface area contributed by atoms with Gasteiger partial charge in [-0.1, -0.05) is 49.4 Å². The first-order valence-corrected chi connectivity index (χ1v) is 8.67. The van der Waals surface area contributed by atoms with Gasteiger partial charge in [-0.15, -0.1) is 0 Å². The van der Waals surface area contributed by atoms with Gasteiger partial charge in [-0.25, -0.2) is 0 Å². The smallest absolute Gasteiger partial charge is 0.115 e. The molecule has 2 nitrogen and oxygen atoms in total. The molecule has 0 radical (unpaired) electrons. The summed E-state index contributed by atoms with van der Waals surface area (Å²) < 4.78 is 0. The van der Waals surface area contributed by atoms with Crippen LogP contribution in [-0.2, 0) is 11.8 Å². The predicted octanol–water partition coefficient (Wildman–Crippen LogP) is 4.38. The first kappa shape index (κ1) is 16.1. The molecule has 0 amide bonds. The zero-order valence-electron chi connectivity index (χ0n) is 14.2. The molecule has 2 unspecified atom stereocenters. The lowest BCUT2D eigenvalue weighted by Gasteiger charge is -2.47. The zero-order chi connectivity index (χ0) is 16.3. The van der Waals surface area contributed by atoms with E-state index in [-0.39, 0.29) is 5.41 Å². The van der Waals surface area contributed by atoms with Gasteiger partial charge in [0.15, 0.2) is 0 Å². The van der Waals surface area contributed by atoms with E-state index in [4.69, 9.17) is 0 Å². The number of benzene rings is 2. The number of rotatable bonds is 4. The third-order valence-corrected chi connectivity index (χ3v) is 5.65. The number of phenolic OH excluding ortho intramolecular Hbond substituents is 1. The van der Waals surface area contributed by atoms with E-state index in [2.05, 4.69) is 55.1 Å². The number of hydrogen-bond donors (Lipinski definition) is 1. The van der Waals surface area contributed by atoms with Crippen molar-refractivity contribution in [2.75, 3.05) is 13.1 Å². The van der Waals surface area contributed by atoms with Crippen LogP contribution in [0.2, 0.25) is 0 Å². The molecule has 2 atom stereocenters. The topological polar surface area (TPSA) is 23.5 Å². The van der Waals surface area contributed by atoms with Crippen LogP contribution in [0.25, 0.3) is 0 Å². The maximum absolute atomic E-state index is 9.85. The van der Waals surface area contributed by atoms with Crippen LogP contribution in [0.3, 0.4) is 0 Å². The molecular weight excluding hydrogens is 282 g/mol. The standard InChI is InChI=1S/C21H27NO/c1-17-21(2,19-10-6-11-20(23)16-19)13-7-14-22(17)15-12-18-8-4-3-5-9-18/h3-6,8-11,16-17,23H,7,12-15H2,1-2H3. The Bertz CT molecular complexity index is 639. The second-order valence-electron chi connectivity index (χ2n) is 7.02. The first-order valence-electron chi connectivity index (χ1n) is 8.67. The number of nitrogens with zero attached hydrogens (tertiary/aromatic N) is 1. The summed E-state index contributed by atoms with van der Waals surface area (Å²) in [4.78, 5) is 2.61. The quantitative estimate of drug-likeness (QED) is 0.906. The van der Waals surface area contributed by atoms with Gasteiger partial charge in [0.25, 0.3) is 0 Å². The Labute approximate surface area is 139 Å². The molecule has 0 bridgehead atoms. The van der Waals surface area contributed by atoms with Gasteiger partial charge in [-0.05, 0) is 56.0 Å². The number of phenols is 1. The number of piperidine rings is 1. The second kappa shape index (κ2) is 6.76. The van der Waals surface area contributed by atoms with Crippen molar-refractivity contribution in [2.45, 2.75) is 44.6 Å². The van der Waals surface area contributed by atoms with Crippen LogP contribution < -0.4 is 0 Å². The van der Waals surface area contributed by atoms with Gasteiger partial charge in [0.1, 0.15) is 5.75 Å². The van der Waals surface area contributed by atoms with Crippen LogP contribution in [0.4, 0.5) is 0 Å². The van der Waals surface area contributed by atoms with Gasteiger partial charge >= 0.3 is 0 Å². The van der Waals surface area contributed by atoms with Crippen molar-refractivity contribution in [3.63, 3.8) is 0 Å². The average Bonchev–Trinajstić information content (AvgIpc) is 2.57. The average molecular weight is 309 g/mol. The molecule has 0 saturated carbocycles. The highest BCUT2D eigenvalue weighted by Crippen LogP contribution is 2.39. The van der Waals surface area contributed by atoms with Gasteiger partial charge in [0, 0.05) is 18.0 Å². The third-order valence-electron chi connectivity index (χ3n) is 5.65. The van der Waals surface area contributed by atoms with Gasteiger partial charge in [-0.3, -0.25) is 4.90 Å². The van der Waals surface area contributed by atoms with E-state index in [9.17, 15) is 5.11 Å². The van der Waals surface area contributed by atoms with E-state index in [0.717, 1.165) is 13.0 Å². The molecule has 23 heavy (non-hydrogen) atoms. The third kappa shape index (κ3) is 3.42. The Morgan fingerprint density at radius 1 is 1.13 bits per heavy atom. The molecule has 2 aromatic rings. The Hall–Kier alpha value is -1.80. The maximum atomic E-state index is 9.85. The Morgan fingerprint density at radius 3 is 2.65 bits per heavy atom. The van der Waals surface area contributed by atoms with Crippen molar-refractivity contribution in [3.8, 4) is 5.75 Å². The highest BCUT2D eigenvalue weighted by Gasteiger charge is 2.39. The van der Waals surface area contributed by atoms with Crippen LogP contribution in [0, 0.1) is 0 Å². The van der Waals surface area contributed by atoms with Gasteiger partial charge in [-0.2, -0.15) is 0 Å². The second-order valence-corrected chi connectivity index (χ2v) is 7.02. The summed E-state index contributed by atoms with van der Waals surface area (Å²) in [6, 6.07) is 19.0.